The van der Waals surface area contributed by atoms with Gasteiger partial charge >= 0.3 is 0 Å². The molecule has 0 aromatic carbocycles. The molecule has 0 bridgehead atoms. The van der Waals surface area contributed by atoms with E-state index in [1.807, 2.05) is 0 Å². The lowest BCUT2D eigenvalue weighted by atomic mass is 9.91. The van der Waals surface area contributed by atoms with Crippen molar-refractivity contribution < 1.29 is 9.90 Å². The maximum Gasteiger partial charge on any atom is 0.237 e. The Labute approximate surface area is 90.4 Å². The zero-order chi connectivity index (χ0) is 10.7. The summed E-state index contributed by atoms with van der Waals surface area (Å²) < 4.78 is 0. The van der Waals surface area contributed by atoms with Crippen LogP contribution in [-0.4, -0.2) is 35.7 Å². The number of hydrogen-bond acceptors (Lipinski definition) is 3. The van der Waals surface area contributed by atoms with Gasteiger partial charge in [0.15, 0.2) is 0 Å². The van der Waals surface area contributed by atoms with Gasteiger partial charge in [0.1, 0.15) is 0 Å². The van der Waals surface area contributed by atoms with Crippen molar-refractivity contribution in [3.63, 3.8) is 0 Å². The number of nitrogens with one attached hydrogen (secondary N) is 2. The van der Waals surface area contributed by atoms with Gasteiger partial charge in [-0.25, -0.2) is 0 Å². The predicted molar refractivity (Wildman–Crippen MR) is 57.4 cm³/mol. The molecule has 1 aliphatic carbocycles. The number of aliphatic hydroxyl groups is 1. The lowest BCUT2D eigenvalue weighted by molar-refractivity contribution is -0.125. The monoisotopic (exact) mass is 212 g/mol. The first-order valence-corrected chi connectivity index (χ1v) is 5.99. The Hall–Kier alpha value is -0.610. The van der Waals surface area contributed by atoms with Crippen molar-refractivity contribution in [2.45, 2.75) is 56.7 Å². The summed E-state index contributed by atoms with van der Waals surface area (Å²) >= 11 is 0. The van der Waals surface area contributed by atoms with E-state index in [9.17, 15) is 9.90 Å². The molecule has 0 radical (unpaired) electrons. The van der Waals surface area contributed by atoms with E-state index in [1.54, 1.807) is 0 Å². The second kappa shape index (κ2) is 4.94. The summed E-state index contributed by atoms with van der Waals surface area (Å²) in [6, 6.07) is 0.0316. The van der Waals surface area contributed by atoms with Crippen LogP contribution in [0.3, 0.4) is 0 Å². The van der Waals surface area contributed by atoms with Gasteiger partial charge in [-0.15, -0.1) is 0 Å². The van der Waals surface area contributed by atoms with Gasteiger partial charge < -0.3 is 15.7 Å². The molecule has 1 saturated heterocycles. The zero-order valence-corrected chi connectivity index (χ0v) is 9.04. The van der Waals surface area contributed by atoms with Gasteiger partial charge in [-0.05, 0) is 25.7 Å². The Morgan fingerprint density at radius 2 is 2.00 bits per heavy atom. The zero-order valence-electron chi connectivity index (χ0n) is 9.04. The SMILES string of the molecule is O=C1NCCCC1N[C@@H]1CCCC[C@H]1O. The summed E-state index contributed by atoms with van der Waals surface area (Å²) in [5.74, 6) is 0.0963. The highest BCUT2D eigenvalue weighted by Crippen LogP contribution is 2.19. The van der Waals surface area contributed by atoms with E-state index in [0.717, 1.165) is 45.1 Å². The molecule has 0 aromatic heterocycles. The fourth-order valence-electron chi connectivity index (χ4n) is 2.50. The number of carbonyl (C=O) groups is 1. The Morgan fingerprint density at radius 3 is 2.73 bits per heavy atom. The number of piperidine rings is 1. The van der Waals surface area contributed by atoms with E-state index < -0.39 is 0 Å². The maximum absolute atomic E-state index is 11.5. The Balaban J connectivity index is 1.86. The van der Waals surface area contributed by atoms with Crippen LogP contribution >= 0.6 is 0 Å². The van der Waals surface area contributed by atoms with Crippen LogP contribution in [0, 0.1) is 0 Å². The number of hydrogen-bond donors (Lipinski definition) is 3. The standard InChI is InChI=1S/C11H20N2O2/c14-10-6-2-1-4-8(10)13-9-5-3-7-12-11(9)15/h8-10,13-14H,1-7H2,(H,12,15)/t8-,9?,10-/m1/s1. The van der Waals surface area contributed by atoms with Crippen LogP contribution < -0.4 is 10.6 Å². The molecule has 15 heavy (non-hydrogen) atoms. The van der Waals surface area contributed by atoms with E-state index in [1.165, 1.54) is 0 Å². The van der Waals surface area contributed by atoms with Gasteiger partial charge in [0.05, 0.1) is 12.1 Å². The second-order valence-corrected chi connectivity index (χ2v) is 4.61. The molecule has 1 unspecified atom stereocenters. The van der Waals surface area contributed by atoms with Crippen LogP contribution in [0.15, 0.2) is 0 Å². The quantitative estimate of drug-likeness (QED) is 0.611. The molecule has 3 atom stereocenters. The van der Waals surface area contributed by atoms with Gasteiger partial charge in [-0.1, -0.05) is 12.8 Å². The molecular formula is C11H20N2O2. The third-order valence-electron chi connectivity index (χ3n) is 3.43. The molecule has 86 valence electrons. The Morgan fingerprint density at radius 1 is 1.20 bits per heavy atom. The number of rotatable bonds is 2. The third-order valence-corrected chi connectivity index (χ3v) is 3.43. The van der Waals surface area contributed by atoms with Crippen LogP contribution in [-0.2, 0) is 4.79 Å². The lowest BCUT2D eigenvalue weighted by Crippen LogP contribution is -2.55. The van der Waals surface area contributed by atoms with Crippen molar-refractivity contribution in [3.05, 3.63) is 0 Å². The maximum atomic E-state index is 11.5. The average molecular weight is 212 g/mol. The van der Waals surface area contributed by atoms with Crippen LogP contribution in [0.2, 0.25) is 0 Å². The summed E-state index contributed by atoms with van der Waals surface area (Å²) in [5.41, 5.74) is 0. The molecule has 3 N–H and O–H groups in total. The Bertz CT molecular complexity index is 233. The number of carbonyl (C=O) groups excluding carboxylic acids is 1. The van der Waals surface area contributed by atoms with Gasteiger partial charge in [0.25, 0.3) is 0 Å². The van der Waals surface area contributed by atoms with Crippen molar-refractivity contribution in [1.82, 2.24) is 10.6 Å². The third kappa shape index (κ3) is 2.69. The summed E-state index contributed by atoms with van der Waals surface area (Å²) in [6.07, 6.45) is 5.78. The topological polar surface area (TPSA) is 61.4 Å². The highest BCUT2D eigenvalue weighted by molar-refractivity contribution is 5.82. The molecule has 1 heterocycles. The first kappa shape index (κ1) is 10.9. The van der Waals surface area contributed by atoms with Crippen molar-refractivity contribution in [2.75, 3.05) is 6.54 Å². The van der Waals surface area contributed by atoms with E-state index >= 15 is 0 Å². The van der Waals surface area contributed by atoms with Gasteiger partial charge in [-0.2, -0.15) is 0 Å². The minimum atomic E-state index is -0.270. The highest BCUT2D eigenvalue weighted by Gasteiger charge is 2.29. The van der Waals surface area contributed by atoms with Crippen LogP contribution in [0.25, 0.3) is 0 Å². The summed E-state index contributed by atoms with van der Waals surface area (Å²) in [6.45, 7) is 0.796. The van der Waals surface area contributed by atoms with Crippen LogP contribution in [0.5, 0.6) is 0 Å². The lowest BCUT2D eigenvalue weighted by Gasteiger charge is -2.33. The molecule has 1 aliphatic heterocycles. The molecule has 0 spiro atoms. The minimum absolute atomic E-state index is 0.0866. The van der Waals surface area contributed by atoms with Crippen molar-refractivity contribution in [2.24, 2.45) is 0 Å². The molecule has 2 fully saturated rings. The molecule has 0 aromatic rings. The first-order chi connectivity index (χ1) is 7.27. The largest absolute Gasteiger partial charge is 0.392 e. The molecule has 2 aliphatic rings. The normalized spacial score (nSPS) is 37.4. The van der Waals surface area contributed by atoms with Crippen LogP contribution in [0.1, 0.15) is 38.5 Å². The fraction of sp³-hybridized carbons (Fsp3) is 0.909. The van der Waals surface area contributed by atoms with E-state index in [0.29, 0.717) is 0 Å². The molecule has 1 amide bonds. The Kier molecular flexibility index (Phi) is 3.59. The molecule has 4 heteroatoms. The van der Waals surface area contributed by atoms with E-state index in [2.05, 4.69) is 10.6 Å². The second-order valence-electron chi connectivity index (χ2n) is 4.61. The summed E-state index contributed by atoms with van der Waals surface area (Å²) in [7, 11) is 0. The smallest absolute Gasteiger partial charge is 0.237 e. The van der Waals surface area contributed by atoms with Crippen molar-refractivity contribution in [3.8, 4) is 0 Å². The van der Waals surface area contributed by atoms with Gasteiger partial charge in [0.2, 0.25) is 5.91 Å². The van der Waals surface area contributed by atoms with E-state index in [4.69, 9.17) is 0 Å². The number of aliphatic hydroxyl groups excluding tert-OH is 1. The predicted octanol–water partition coefficient (Wildman–Crippen LogP) is 0.158. The van der Waals surface area contributed by atoms with Crippen LogP contribution in [0.4, 0.5) is 0 Å². The molecule has 2 rings (SSSR count). The highest BCUT2D eigenvalue weighted by atomic mass is 16.3. The average Bonchev–Trinajstić information content (AvgIpc) is 2.24. The van der Waals surface area contributed by atoms with Gasteiger partial charge in [0, 0.05) is 12.6 Å². The van der Waals surface area contributed by atoms with Crippen molar-refractivity contribution >= 4 is 5.91 Å². The van der Waals surface area contributed by atoms with Crippen molar-refractivity contribution in [1.29, 1.82) is 0 Å². The number of amides is 1. The molecule has 1 saturated carbocycles. The first-order valence-electron chi connectivity index (χ1n) is 5.99. The molecule has 4 nitrogen and oxygen atoms in total. The summed E-state index contributed by atoms with van der Waals surface area (Å²) in [5, 5.41) is 15.9. The molecular weight excluding hydrogens is 192 g/mol. The minimum Gasteiger partial charge on any atom is -0.392 e. The van der Waals surface area contributed by atoms with Gasteiger partial charge in [-0.3, -0.25) is 4.79 Å². The van der Waals surface area contributed by atoms with E-state index in [-0.39, 0.29) is 24.1 Å². The summed E-state index contributed by atoms with van der Waals surface area (Å²) in [4.78, 5) is 11.5. The fourth-order valence-corrected chi connectivity index (χ4v) is 2.50.